The van der Waals surface area contributed by atoms with Crippen molar-refractivity contribution in [3.63, 3.8) is 0 Å². The number of nitrogens with one attached hydrogen (secondary N) is 1. The van der Waals surface area contributed by atoms with Gasteiger partial charge < -0.3 is 10.6 Å². The topological polar surface area (TPSA) is 125 Å². The molecular formula is C20H25N5O3. The van der Waals surface area contributed by atoms with Gasteiger partial charge in [-0.1, -0.05) is 27.2 Å². The number of anilines is 2. The molecule has 1 aromatic heterocycles. The Morgan fingerprint density at radius 2 is 1.93 bits per heavy atom. The maximum atomic E-state index is 13.1. The molecule has 0 radical (unpaired) electrons. The third-order valence-electron chi connectivity index (χ3n) is 4.27. The van der Waals surface area contributed by atoms with Crippen LogP contribution >= 0.6 is 0 Å². The van der Waals surface area contributed by atoms with Gasteiger partial charge in [-0.25, -0.2) is 4.79 Å². The number of aromatic amines is 1. The van der Waals surface area contributed by atoms with E-state index in [1.54, 1.807) is 0 Å². The monoisotopic (exact) mass is 383 g/mol. The highest BCUT2D eigenvalue weighted by Crippen LogP contribution is 2.21. The molecule has 1 heterocycles. The van der Waals surface area contributed by atoms with Gasteiger partial charge in [0, 0.05) is 18.7 Å². The second-order valence-corrected chi connectivity index (χ2v) is 7.00. The summed E-state index contributed by atoms with van der Waals surface area (Å²) in [6, 6.07) is 8.14. The number of hydrogen-bond donors (Lipinski definition) is 2. The predicted octanol–water partition coefficient (Wildman–Crippen LogP) is 2.09. The van der Waals surface area contributed by atoms with Gasteiger partial charge in [-0.3, -0.25) is 19.1 Å². The lowest BCUT2D eigenvalue weighted by Crippen LogP contribution is -2.42. The van der Waals surface area contributed by atoms with Crippen molar-refractivity contribution in [3.8, 4) is 6.07 Å². The van der Waals surface area contributed by atoms with Crippen molar-refractivity contribution in [3.05, 3.63) is 56.2 Å². The zero-order valence-corrected chi connectivity index (χ0v) is 16.4. The highest BCUT2D eigenvalue weighted by atomic mass is 16.2. The summed E-state index contributed by atoms with van der Waals surface area (Å²) in [7, 11) is 0. The molecule has 0 fully saturated rings. The van der Waals surface area contributed by atoms with Crippen LogP contribution in [0, 0.1) is 17.2 Å². The van der Waals surface area contributed by atoms with Crippen molar-refractivity contribution in [2.45, 2.75) is 40.2 Å². The molecule has 0 atom stereocenters. The van der Waals surface area contributed by atoms with E-state index in [9.17, 15) is 14.4 Å². The number of nitrogens with two attached hydrogens (primary N) is 1. The minimum absolute atomic E-state index is 0.0233. The molecule has 1 aromatic carbocycles. The van der Waals surface area contributed by atoms with E-state index in [0.29, 0.717) is 24.1 Å². The SMILES string of the molecule is CCCCn1c(N)c(N(CC(C)C)C(=O)c2ccc(C#N)cc2)c(=O)[nH]c1=O. The molecular weight excluding hydrogens is 358 g/mol. The minimum atomic E-state index is -0.696. The van der Waals surface area contributed by atoms with Crippen molar-refractivity contribution in [2.24, 2.45) is 5.92 Å². The Balaban J connectivity index is 2.59. The molecule has 2 rings (SSSR count). The summed E-state index contributed by atoms with van der Waals surface area (Å²) in [6.45, 7) is 6.41. The number of nitrogen functional groups attached to an aromatic ring is 1. The summed E-state index contributed by atoms with van der Waals surface area (Å²) >= 11 is 0. The molecule has 0 bridgehead atoms. The molecule has 2 aromatic rings. The van der Waals surface area contributed by atoms with Gasteiger partial charge in [0.25, 0.3) is 11.5 Å². The third kappa shape index (κ3) is 4.49. The average molecular weight is 383 g/mol. The van der Waals surface area contributed by atoms with Crippen molar-refractivity contribution in [1.82, 2.24) is 9.55 Å². The van der Waals surface area contributed by atoms with Crippen LogP contribution < -0.4 is 21.9 Å². The maximum Gasteiger partial charge on any atom is 0.330 e. The average Bonchev–Trinajstić information content (AvgIpc) is 2.66. The van der Waals surface area contributed by atoms with Gasteiger partial charge in [-0.05, 0) is 36.6 Å². The number of unbranched alkanes of at least 4 members (excludes halogenated alkanes) is 1. The number of H-pyrrole nitrogens is 1. The van der Waals surface area contributed by atoms with Crippen LogP contribution in [0.4, 0.5) is 11.5 Å². The highest BCUT2D eigenvalue weighted by molar-refractivity contribution is 6.07. The summed E-state index contributed by atoms with van der Waals surface area (Å²) < 4.78 is 1.29. The predicted molar refractivity (Wildman–Crippen MR) is 108 cm³/mol. The molecule has 0 saturated carbocycles. The molecule has 0 spiro atoms. The van der Waals surface area contributed by atoms with Gasteiger partial charge in [0.2, 0.25) is 0 Å². The van der Waals surface area contributed by atoms with Crippen molar-refractivity contribution in [2.75, 3.05) is 17.2 Å². The van der Waals surface area contributed by atoms with E-state index in [1.165, 1.54) is 33.7 Å². The molecule has 0 unspecified atom stereocenters. The first-order chi connectivity index (χ1) is 13.3. The zero-order valence-electron chi connectivity index (χ0n) is 16.4. The summed E-state index contributed by atoms with van der Waals surface area (Å²) in [4.78, 5) is 41.4. The maximum absolute atomic E-state index is 13.1. The lowest BCUT2D eigenvalue weighted by atomic mass is 10.1. The lowest BCUT2D eigenvalue weighted by Gasteiger charge is -2.26. The van der Waals surface area contributed by atoms with E-state index in [1.807, 2.05) is 26.8 Å². The van der Waals surface area contributed by atoms with Gasteiger partial charge in [0.15, 0.2) is 5.69 Å². The van der Waals surface area contributed by atoms with Gasteiger partial charge in [0.05, 0.1) is 11.6 Å². The van der Waals surface area contributed by atoms with Crippen LogP contribution in [0.15, 0.2) is 33.9 Å². The number of aromatic nitrogens is 2. The van der Waals surface area contributed by atoms with Gasteiger partial charge >= 0.3 is 5.69 Å². The van der Waals surface area contributed by atoms with Gasteiger partial charge in [-0.2, -0.15) is 5.26 Å². The van der Waals surface area contributed by atoms with E-state index < -0.39 is 17.2 Å². The minimum Gasteiger partial charge on any atom is -0.383 e. The molecule has 8 heteroatoms. The molecule has 0 aliphatic carbocycles. The fourth-order valence-electron chi connectivity index (χ4n) is 2.86. The summed E-state index contributed by atoms with van der Waals surface area (Å²) in [6.07, 6.45) is 1.56. The fourth-order valence-corrected chi connectivity index (χ4v) is 2.86. The summed E-state index contributed by atoms with van der Waals surface area (Å²) in [5, 5.41) is 8.93. The van der Waals surface area contributed by atoms with Gasteiger partial charge in [-0.15, -0.1) is 0 Å². The number of amides is 1. The molecule has 0 aliphatic rings. The van der Waals surface area contributed by atoms with E-state index in [4.69, 9.17) is 11.0 Å². The van der Waals surface area contributed by atoms with Crippen molar-refractivity contribution in [1.29, 1.82) is 5.26 Å². The fraction of sp³-hybridized carbons (Fsp3) is 0.400. The Hall–Kier alpha value is -3.34. The lowest BCUT2D eigenvalue weighted by molar-refractivity contribution is 0.0983. The third-order valence-corrected chi connectivity index (χ3v) is 4.27. The number of benzene rings is 1. The first kappa shape index (κ1) is 21.0. The highest BCUT2D eigenvalue weighted by Gasteiger charge is 2.26. The van der Waals surface area contributed by atoms with Crippen LogP contribution in [0.5, 0.6) is 0 Å². The van der Waals surface area contributed by atoms with Crippen LogP contribution in [0.25, 0.3) is 0 Å². The molecule has 28 heavy (non-hydrogen) atoms. The van der Waals surface area contributed by atoms with Crippen LogP contribution in [-0.2, 0) is 6.54 Å². The number of nitrogens with zero attached hydrogens (tertiary/aromatic N) is 3. The number of nitriles is 1. The van der Waals surface area contributed by atoms with E-state index in [-0.39, 0.29) is 24.0 Å². The van der Waals surface area contributed by atoms with Crippen molar-refractivity contribution >= 4 is 17.4 Å². The van der Waals surface area contributed by atoms with Crippen LogP contribution in [0.3, 0.4) is 0 Å². The Labute approximate surface area is 163 Å². The Morgan fingerprint density at radius 1 is 1.29 bits per heavy atom. The number of rotatable bonds is 7. The quantitative estimate of drug-likeness (QED) is 0.757. The Morgan fingerprint density at radius 3 is 2.46 bits per heavy atom. The molecule has 0 saturated heterocycles. The van der Waals surface area contributed by atoms with E-state index in [0.717, 1.165) is 6.42 Å². The first-order valence-electron chi connectivity index (χ1n) is 9.24. The zero-order chi connectivity index (χ0) is 20.8. The van der Waals surface area contributed by atoms with Gasteiger partial charge in [0.1, 0.15) is 5.82 Å². The Bertz CT molecular complexity index is 996. The molecule has 148 valence electrons. The number of carbonyl (C=O) groups excluding carboxylic acids is 1. The Kier molecular flexibility index (Phi) is 6.77. The second kappa shape index (κ2) is 9.04. The van der Waals surface area contributed by atoms with Crippen molar-refractivity contribution < 1.29 is 4.79 Å². The van der Waals surface area contributed by atoms with E-state index in [2.05, 4.69) is 4.98 Å². The normalized spacial score (nSPS) is 10.7. The largest absolute Gasteiger partial charge is 0.383 e. The van der Waals surface area contributed by atoms with Crippen LogP contribution in [-0.4, -0.2) is 22.0 Å². The second-order valence-electron chi connectivity index (χ2n) is 7.00. The van der Waals surface area contributed by atoms with Crippen LogP contribution in [0.1, 0.15) is 49.5 Å². The smallest absolute Gasteiger partial charge is 0.330 e. The molecule has 3 N–H and O–H groups in total. The van der Waals surface area contributed by atoms with Crippen LogP contribution in [0.2, 0.25) is 0 Å². The van der Waals surface area contributed by atoms with E-state index >= 15 is 0 Å². The molecule has 1 amide bonds. The molecule has 8 nitrogen and oxygen atoms in total. The summed E-state index contributed by atoms with van der Waals surface area (Å²) in [5.74, 6) is -0.391. The standard InChI is InChI=1S/C20H25N5O3/c1-4-5-10-24-17(22)16(18(26)23-20(24)28)25(12-13(2)3)19(27)15-8-6-14(11-21)7-9-15/h6-9,13H,4-5,10,12,22H2,1-3H3,(H,23,26,28). The number of carbonyl (C=O) groups is 1. The number of hydrogen-bond acceptors (Lipinski definition) is 5. The molecule has 0 aliphatic heterocycles. The first-order valence-corrected chi connectivity index (χ1v) is 9.24. The summed E-state index contributed by atoms with van der Waals surface area (Å²) in [5.41, 5.74) is 5.61.